The maximum Gasteiger partial charge on any atom is 0.227 e. The summed E-state index contributed by atoms with van der Waals surface area (Å²) in [7, 11) is 0. The summed E-state index contributed by atoms with van der Waals surface area (Å²) >= 11 is 0. The van der Waals surface area contributed by atoms with E-state index in [1.54, 1.807) is 6.26 Å². The number of fused-ring (bicyclic) bond motifs is 1. The van der Waals surface area contributed by atoms with E-state index in [0.29, 0.717) is 24.8 Å². The molecule has 0 radical (unpaired) electrons. The third-order valence-corrected chi connectivity index (χ3v) is 7.34. The van der Waals surface area contributed by atoms with Crippen LogP contribution in [0.3, 0.4) is 0 Å². The Bertz CT molecular complexity index is 1270. The van der Waals surface area contributed by atoms with Crippen LogP contribution < -0.4 is 15.1 Å². The number of hydrogen-bond donors (Lipinski definition) is 1. The van der Waals surface area contributed by atoms with Gasteiger partial charge >= 0.3 is 0 Å². The Morgan fingerprint density at radius 3 is 2.42 bits per heavy atom. The molecule has 6 heteroatoms. The number of allylic oxidation sites excluding steroid dienone is 1. The van der Waals surface area contributed by atoms with Crippen molar-refractivity contribution in [2.75, 3.05) is 28.2 Å². The second-order valence-corrected chi connectivity index (χ2v) is 9.36. The van der Waals surface area contributed by atoms with Gasteiger partial charge in [-0.05, 0) is 62.2 Å². The maximum absolute atomic E-state index is 13.9. The number of carbonyl (C=O) groups is 2. The molecule has 1 aliphatic heterocycles. The Morgan fingerprint density at radius 2 is 1.75 bits per heavy atom. The van der Waals surface area contributed by atoms with Gasteiger partial charge in [0.15, 0.2) is 5.78 Å². The minimum absolute atomic E-state index is 0.0169. The van der Waals surface area contributed by atoms with Crippen LogP contribution in [0.1, 0.15) is 63.3 Å². The summed E-state index contributed by atoms with van der Waals surface area (Å²) in [6.07, 6.45) is 2.99. The lowest BCUT2D eigenvalue weighted by molar-refractivity contribution is -0.119. The molecule has 0 saturated heterocycles. The number of para-hydroxylation sites is 2. The Kier molecular flexibility index (Phi) is 6.68. The number of nitrogens with one attached hydrogen (secondary N) is 1. The standard InChI is InChI=1S/C30H33N3O3/c1-4-28(35)33-25-11-8-7-10-23(25)31-24-18-21(27-12-9-17-36-27)19-26(34)29(24)30(33)20-13-15-22(16-14-20)32(5-2)6-3/h7-17,21,30-31H,4-6,18-19H2,1-3H3/t21-,30+/m1/s1. The minimum atomic E-state index is -0.501. The van der Waals surface area contributed by atoms with E-state index in [9.17, 15) is 9.59 Å². The number of ketones is 1. The van der Waals surface area contributed by atoms with Crippen molar-refractivity contribution in [2.24, 2.45) is 0 Å². The number of furan rings is 1. The molecule has 0 unspecified atom stereocenters. The topological polar surface area (TPSA) is 65.8 Å². The molecule has 1 aliphatic carbocycles. The highest BCUT2D eigenvalue weighted by Crippen LogP contribution is 2.47. The largest absolute Gasteiger partial charge is 0.469 e. The molecule has 2 aliphatic rings. The van der Waals surface area contributed by atoms with Gasteiger partial charge < -0.3 is 14.6 Å². The lowest BCUT2D eigenvalue weighted by Gasteiger charge is -2.35. The number of anilines is 3. The highest BCUT2D eigenvalue weighted by Gasteiger charge is 2.41. The number of benzene rings is 2. The van der Waals surface area contributed by atoms with Gasteiger partial charge in [0.25, 0.3) is 0 Å². The first-order valence-corrected chi connectivity index (χ1v) is 12.9. The van der Waals surface area contributed by atoms with Crippen molar-refractivity contribution in [3.05, 3.63) is 89.5 Å². The molecule has 1 aromatic heterocycles. The summed E-state index contributed by atoms with van der Waals surface area (Å²) in [4.78, 5) is 31.5. The van der Waals surface area contributed by atoms with Gasteiger partial charge in [-0.3, -0.25) is 14.5 Å². The smallest absolute Gasteiger partial charge is 0.227 e. The lowest BCUT2D eigenvalue weighted by Crippen LogP contribution is -2.38. The molecule has 0 saturated carbocycles. The van der Waals surface area contributed by atoms with Gasteiger partial charge in [0, 0.05) is 48.8 Å². The van der Waals surface area contributed by atoms with Crippen molar-refractivity contribution in [3.8, 4) is 0 Å². The third kappa shape index (κ3) is 4.21. The van der Waals surface area contributed by atoms with Crippen LogP contribution in [0.4, 0.5) is 17.1 Å². The molecule has 0 bridgehead atoms. The molecule has 2 atom stereocenters. The highest BCUT2D eigenvalue weighted by atomic mass is 16.3. The van der Waals surface area contributed by atoms with Crippen LogP contribution in [-0.2, 0) is 9.59 Å². The van der Waals surface area contributed by atoms with Gasteiger partial charge in [0.2, 0.25) is 5.91 Å². The number of hydrogen-bond acceptors (Lipinski definition) is 5. The first kappa shape index (κ1) is 23.9. The highest BCUT2D eigenvalue weighted by molar-refractivity contribution is 6.06. The quantitative estimate of drug-likeness (QED) is 0.437. The van der Waals surface area contributed by atoms with Crippen molar-refractivity contribution >= 4 is 28.8 Å². The van der Waals surface area contributed by atoms with Crippen LogP contribution in [0.25, 0.3) is 0 Å². The van der Waals surface area contributed by atoms with E-state index in [1.807, 2.05) is 48.2 Å². The zero-order valence-corrected chi connectivity index (χ0v) is 21.2. The number of amides is 1. The molecular formula is C30H33N3O3. The van der Waals surface area contributed by atoms with Crippen molar-refractivity contribution < 1.29 is 14.0 Å². The summed E-state index contributed by atoms with van der Waals surface area (Å²) in [6.45, 7) is 7.98. The predicted octanol–water partition coefficient (Wildman–Crippen LogP) is 6.44. The summed E-state index contributed by atoms with van der Waals surface area (Å²) in [5.41, 5.74) is 5.23. The van der Waals surface area contributed by atoms with Crippen molar-refractivity contribution in [2.45, 2.75) is 52.0 Å². The molecule has 3 aromatic rings. The fourth-order valence-electron chi connectivity index (χ4n) is 5.53. The van der Waals surface area contributed by atoms with Crippen LogP contribution in [-0.4, -0.2) is 24.8 Å². The third-order valence-electron chi connectivity index (χ3n) is 7.34. The Balaban J connectivity index is 1.68. The molecule has 2 heterocycles. The molecule has 0 spiro atoms. The molecule has 36 heavy (non-hydrogen) atoms. The number of rotatable bonds is 6. The molecule has 1 N–H and O–H groups in total. The SMILES string of the molecule is CCC(=O)N1c2ccccc2NC2=C(C(=O)C[C@H](c3ccco3)C2)[C@@H]1c1ccc(N(CC)CC)cc1. The molecule has 186 valence electrons. The molecule has 1 amide bonds. The lowest BCUT2D eigenvalue weighted by atomic mass is 9.80. The van der Waals surface area contributed by atoms with Crippen LogP contribution in [0.15, 0.2) is 82.6 Å². The van der Waals surface area contributed by atoms with Crippen molar-refractivity contribution in [1.82, 2.24) is 0 Å². The molecule has 6 nitrogen and oxygen atoms in total. The fraction of sp³-hybridized carbons (Fsp3) is 0.333. The van der Waals surface area contributed by atoms with Crippen LogP contribution in [0, 0.1) is 0 Å². The van der Waals surface area contributed by atoms with Gasteiger partial charge in [-0.2, -0.15) is 0 Å². The Hall–Kier alpha value is -3.80. The monoisotopic (exact) mass is 483 g/mol. The Morgan fingerprint density at radius 1 is 1.00 bits per heavy atom. The molecular weight excluding hydrogens is 450 g/mol. The molecule has 0 fully saturated rings. The minimum Gasteiger partial charge on any atom is -0.469 e. The number of carbonyl (C=O) groups excluding carboxylic acids is 2. The van der Waals surface area contributed by atoms with Crippen molar-refractivity contribution in [3.63, 3.8) is 0 Å². The van der Waals surface area contributed by atoms with Crippen LogP contribution >= 0.6 is 0 Å². The first-order chi connectivity index (χ1) is 17.5. The summed E-state index contributed by atoms with van der Waals surface area (Å²) in [5.74, 6) is 0.808. The second-order valence-electron chi connectivity index (χ2n) is 9.36. The van der Waals surface area contributed by atoms with Gasteiger partial charge in [0.05, 0.1) is 23.7 Å². The number of nitrogens with zero attached hydrogens (tertiary/aromatic N) is 2. The van der Waals surface area contributed by atoms with Crippen LogP contribution in [0.5, 0.6) is 0 Å². The van der Waals surface area contributed by atoms with E-state index in [4.69, 9.17) is 4.42 Å². The zero-order chi connectivity index (χ0) is 25.2. The average molecular weight is 484 g/mol. The van der Waals surface area contributed by atoms with E-state index in [0.717, 1.165) is 47.2 Å². The van der Waals surface area contributed by atoms with Crippen LogP contribution in [0.2, 0.25) is 0 Å². The van der Waals surface area contributed by atoms with E-state index >= 15 is 0 Å². The van der Waals surface area contributed by atoms with Gasteiger partial charge in [-0.1, -0.05) is 31.2 Å². The van der Waals surface area contributed by atoms with Gasteiger partial charge in [0.1, 0.15) is 5.76 Å². The average Bonchev–Trinajstić information content (AvgIpc) is 3.39. The predicted molar refractivity (Wildman–Crippen MR) is 143 cm³/mol. The zero-order valence-electron chi connectivity index (χ0n) is 21.2. The van der Waals surface area contributed by atoms with E-state index in [2.05, 4.69) is 48.3 Å². The fourth-order valence-corrected chi connectivity index (χ4v) is 5.53. The van der Waals surface area contributed by atoms with Gasteiger partial charge in [-0.15, -0.1) is 0 Å². The Labute approximate surface area is 212 Å². The van der Waals surface area contributed by atoms with E-state index < -0.39 is 6.04 Å². The van der Waals surface area contributed by atoms with Crippen molar-refractivity contribution in [1.29, 1.82) is 0 Å². The number of Topliss-reactive ketones (excluding diaryl/α,β-unsaturated/α-hetero) is 1. The van der Waals surface area contributed by atoms with E-state index in [-0.39, 0.29) is 17.6 Å². The second kappa shape index (κ2) is 10.1. The maximum atomic E-state index is 13.9. The van der Waals surface area contributed by atoms with E-state index in [1.165, 1.54) is 0 Å². The molecule has 2 aromatic carbocycles. The summed E-state index contributed by atoms with van der Waals surface area (Å²) in [6, 6.07) is 19.5. The molecule has 5 rings (SSSR count). The summed E-state index contributed by atoms with van der Waals surface area (Å²) < 4.78 is 5.68. The first-order valence-electron chi connectivity index (χ1n) is 12.9. The summed E-state index contributed by atoms with van der Waals surface area (Å²) in [5, 5.41) is 3.56. The normalized spacial score (nSPS) is 19.3. The van der Waals surface area contributed by atoms with Gasteiger partial charge in [-0.25, -0.2) is 0 Å².